The van der Waals surface area contributed by atoms with Crippen LogP contribution in [0.25, 0.3) is 0 Å². The second-order valence-corrected chi connectivity index (χ2v) is 11.0. The third kappa shape index (κ3) is 3.10. The van der Waals surface area contributed by atoms with Crippen molar-refractivity contribution in [1.82, 2.24) is 5.32 Å². The maximum absolute atomic E-state index is 13.3. The van der Waals surface area contributed by atoms with Crippen LogP contribution in [-0.4, -0.2) is 36.5 Å². The largest absolute Gasteiger partial charge is 0.394 e. The lowest BCUT2D eigenvalue weighted by molar-refractivity contribution is -0.152. The molecule has 0 amide bonds. The second kappa shape index (κ2) is 7.18. The van der Waals surface area contributed by atoms with E-state index in [1.54, 1.807) is 0 Å². The molecule has 0 spiro atoms. The lowest BCUT2D eigenvalue weighted by atomic mass is 9.45. The number of Topliss-reactive ketones (excluding diaryl/α,β-unsaturated/α-hetero) is 2. The lowest BCUT2D eigenvalue weighted by Gasteiger charge is -2.58. The third-order valence-corrected chi connectivity index (χ3v) is 9.64. The Kier molecular flexibility index (Phi) is 4.88. The molecule has 5 fully saturated rings. The van der Waals surface area contributed by atoms with E-state index in [1.165, 1.54) is 6.42 Å². The van der Waals surface area contributed by atoms with Crippen LogP contribution >= 0.6 is 0 Å². The Morgan fingerprint density at radius 1 is 1.07 bits per heavy atom. The molecular formula is C24H36N2O3. The molecule has 7 atom stereocenters. The van der Waals surface area contributed by atoms with Gasteiger partial charge in [0.25, 0.3) is 0 Å². The zero-order valence-electron chi connectivity index (χ0n) is 18.0. The average molecular weight is 401 g/mol. The molecule has 0 aromatic rings. The van der Waals surface area contributed by atoms with Gasteiger partial charge in [-0.25, -0.2) is 0 Å². The van der Waals surface area contributed by atoms with Gasteiger partial charge in [-0.2, -0.15) is 0 Å². The molecule has 1 aliphatic heterocycles. The van der Waals surface area contributed by atoms with Crippen LogP contribution in [-0.2, 0) is 14.4 Å². The molecule has 0 radical (unpaired) electrons. The topological polar surface area (TPSA) is 67.8 Å². The number of hydrogen-bond acceptors (Lipinski definition) is 5. The van der Waals surface area contributed by atoms with Crippen molar-refractivity contribution < 1.29 is 14.4 Å². The molecule has 5 aliphatic rings. The van der Waals surface area contributed by atoms with E-state index in [1.807, 2.05) is 0 Å². The first-order valence-corrected chi connectivity index (χ1v) is 11.9. The van der Waals surface area contributed by atoms with Crippen LogP contribution in [0.3, 0.4) is 0 Å². The highest BCUT2D eigenvalue weighted by Gasteiger charge is 2.62. The summed E-state index contributed by atoms with van der Waals surface area (Å²) >= 11 is 0. The average Bonchev–Trinajstić information content (AvgIpc) is 3.31. The second-order valence-electron chi connectivity index (χ2n) is 11.0. The van der Waals surface area contributed by atoms with Gasteiger partial charge in [0.2, 0.25) is 0 Å². The van der Waals surface area contributed by atoms with Crippen molar-refractivity contribution in [3.63, 3.8) is 0 Å². The minimum absolute atomic E-state index is 0.0684. The summed E-state index contributed by atoms with van der Waals surface area (Å²) in [6.07, 6.45) is 9.67. The zero-order chi connectivity index (χ0) is 20.2. The number of oxime groups is 1. The SMILES string of the molecule is C[C@]12CCC(=NOC[C@H]3CCCN3)CC1C(=O)C[C@@H]1[C@H]2CC[C@]2(C)C(=O)CC[C@@H]12. The first-order valence-electron chi connectivity index (χ1n) is 11.9. The summed E-state index contributed by atoms with van der Waals surface area (Å²) in [5, 5.41) is 7.90. The molecule has 5 rings (SSSR count). The Morgan fingerprint density at radius 3 is 2.72 bits per heavy atom. The highest BCUT2D eigenvalue weighted by molar-refractivity contribution is 5.93. The Balaban J connectivity index is 1.30. The van der Waals surface area contributed by atoms with E-state index >= 15 is 0 Å². The van der Waals surface area contributed by atoms with Crippen LogP contribution in [0.5, 0.6) is 0 Å². The van der Waals surface area contributed by atoms with Crippen molar-refractivity contribution in [3.8, 4) is 0 Å². The van der Waals surface area contributed by atoms with Crippen LogP contribution < -0.4 is 5.32 Å². The van der Waals surface area contributed by atoms with Gasteiger partial charge in [0.05, 0.1) is 5.71 Å². The summed E-state index contributed by atoms with van der Waals surface area (Å²) in [5.41, 5.74) is 0.988. The molecule has 5 heteroatoms. The zero-order valence-corrected chi connectivity index (χ0v) is 18.0. The maximum Gasteiger partial charge on any atom is 0.139 e. The van der Waals surface area contributed by atoms with Crippen molar-refractivity contribution in [2.24, 2.45) is 39.7 Å². The van der Waals surface area contributed by atoms with Crippen molar-refractivity contribution in [2.45, 2.75) is 84.1 Å². The molecule has 5 nitrogen and oxygen atoms in total. The van der Waals surface area contributed by atoms with Gasteiger partial charge in [-0.3, -0.25) is 9.59 Å². The normalized spacial score (nSPS) is 48.3. The monoisotopic (exact) mass is 400 g/mol. The summed E-state index contributed by atoms with van der Waals surface area (Å²) in [6.45, 7) is 6.27. The minimum atomic E-state index is -0.159. The quantitative estimate of drug-likeness (QED) is 0.730. The Hall–Kier alpha value is -1.23. The van der Waals surface area contributed by atoms with Gasteiger partial charge in [-0.1, -0.05) is 19.0 Å². The molecular weight excluding hydrogens is 364 g/mol. The molecule has 0 aromatic carbocycles. The first kappa shape index (κ1) is 19.7. The van der Waals surface area contributed by atoms with E-state index in [2.05, 4.69) is 24.3 Å². The minimum Gasteiger partial charge on any atom is -0.394 e. The Labute approximate surface area is 174 Å². The van der Waals surface area contributed by atoms with Crippen LogP contribution in [0.2, 0.25) is 0 Å². The number of carbonyl (C=O) groups excluding carboxylic acids is 2. The summed E-state index contributed by atoms with van der Waals surface area (Å²) in [5.74, 6) is 2.38. The predicted molar refractivity (Wildman–Crippen MR) is 112 cm³/mol. The van der Waals surface area contributed by atoms with Crippen molar-refractivity contribution in [2.75, 3.05) is 13.2 Å². The van der Waals surface area contributed by atoms with Crippen molar-refractivity contribution in [1.29, 1.82) is 0 Å². The molecule has 29 heavy (non-hydrogen) atoms. The highest BCUT2D eigenvalue weighted by atomic mass is 16.6. The van der Waals surface area contributed by atoms with Crippen LogP contribution in [0.1, 0.15) is 78.1 Å². The van der Waals surface area contributed by atoms with Gasteiger partial charge >= 0.3 is 0 Å². The van der Waals surface area contributed by atoms with Crippen LogP contribution in [0.15, 0.2) is 5.16 Å². The summed E-state index contributed by atoms with van der Waals surface area (Å²) in [6, 6.07) is 0.427. The van der Waals surface area contributed by atoms with Gasteiger partial charge in [0.1, 0.15) is 18.2 Å². The number of ketones is 2. The van der Waals surface area contributed by atoms with E-state index in [-0.39, 0.29) is 16.7 Å². The van der Waals surface area contributed by atoms with E-state index in [9.17, 15) is 9.59 Å². The molecule has 4 aliphatic carbocycles. The number of fused-ring (bicyclic) bond motifs is 5. The molecule has 1 saturated heterocycles. The van der Waals surface area contributed by atoms with Gasteiger partial charge in [0, 0.05) is 30.2 Å². The van der Waals surface area contributed by atoms with Gasteiger partial charge in [0.15, 0.2) is 0 Å². The molecule has 4 saturated carbocycles. The standard InChI is InChI=1S/C24H36N2O3/c1-23-9-7-15(26-29-14-16-4-3-11-25-16)12-20(23)21(27)13-17-18-5-6-22(28)24(18,2)10-8-19(17)23/h16-20,25H,3-14H2,1-2H3/t16-,17+,18+,19-,20?,23-,24+/m1/s1. The predicted octanol–water partition coefficient (Wildman–Crippen LogP) is 3.90. The molecule has 0 aromatic heterocycles. The third-order valence-electron chi connectivity index (χ3n) is 9.64. The van der Waals surface area contributed by atoms with Gasteiger partial charge in [-0.15, -0.1) is 0 Å². The number of rotatable bonds is 3. The number of nitrogens with zero attached hydrogens (tertiary/aromatic N) is 1. The summed E-state index contributed by atoms with van der Waals surface area (Å²) in [7, 11) is 0. The van der Waals surface area contributed by atoms with E-state index < -0.39 is 0 Å². The van der Waals surface area contributed by atoms with Crippen molar-refractivity contribution in [3.05, 3.63) is 0 Å². The van der Waals surface area contributed by atoms with Gasteiger partial charge < -0.3 is 10.2 Å². The lowest BCUT2D eigenvalue weighted by Crippen LogP contribution is -2.56. The summed E-state index contributed by atoms with van der Waals surface area (Å²) in [4.78, 5) is 31.5. The van der Waals surface area contributed by atoms with E-state index in [0.29, 0.717) is 48.4 Å². The fraction of sp³-hybridized carbons (Fsp3) is 0.875. The van der Waals surface area contributed by atoms with Gasteiger partial charge in [-0.05, 0) is 81.1 Å². The molecule has 1 heterocycles. The molecule has 0 bridgehead atoms. The first-order chi connectivity index (χ1) is 13.9. The van der Waals surface area contributed by atoms with Crippen molar-refractivity contribution >= 4 is 17.3 Å². The Morgan fingerprint density at radius 2 is 1.93 bits per heavy atom. The van der Waals surface area contributed by atoms with E-state index in [0.717, 1.165) is 63.6 Å². The fourth-order valence-electron chi connectivity index (χ4n) is 7.82. The van der Waals surface area contributed by atoms with E-state index in [4.69, 9.17) is 4.84 Å². The Bertz CT molecular complexity index is 728. The molecule has 1 N–H and O–H groups in total. The number of carbonyl (C=O) groups is 2. The highest BCUT2D eigenvalue weighted by Crippen LogP contribution is 2.64. The number of nitrogens with one attached hydrogen (secondary N) is 1. The smallest absolute Gasteiger partial charge is 0.139 e. The van der Waals surface area contributed by atoms with Crippen LogP contribution in [0, 0.1) is 34.5 Å². The summed E-state index contributed by atoms with van der Waals surface area (Å²) < 4.78 is 0. The number of hydrogen-bond donors (Lipinski definition) is 1. The molecule has 1 unspecified atom stereocenters. The fourth-order valence-corrected chi connectivity index (χ4v) is 7.82. The molecule has 160 valence electrons. The maximum atomic E-state index is 13.3. The van der Waals surface area contributed by atoms with Crippen LogP contribution in [0.4, 0.5) is 0 Å².